The summed E-state index contributed by atoms with van der Waals surface area (Å²) in [5, 5.41) is 22.9. The lowest BCUT2D eigenvalue weighted by molar-refractivity contribution is -0.0710. The Labute approximate surface area is 187 Å². The summed E-state index contributed by atoms with van der Waals surface area (Å²) in [5.41, 5.74) is 3.18. The summed E-state index contributed by atoms with van der Waals surface area (Å²) >= 11 is 0. The summed E-state index contributed by atoms with van der Waals surface area (Å²) in [5.74, 6) is 0.470. The number of phenols is 1. The summed E-state index contributed by atoms with van der Waals surface area (Å²) < 4.78 is 19.4. The number of nitrogens with one attached hydrogen (secondary N) is 1. The predicted octanol–water partition coefficient (Wildman–Crippen LogP) is 4.24. The first kappa shape index (κ1) is 20.8. The smallest absolute Gasteiger partial charge is 0.149 e. The lowest BCUT2D eigenvalue weighted by Crippen LogP contribution is -2.54. The van der Waals surface area contributed by atoms with Crippen LogP contribution in [0, 0.1) is 12.7 Å². The highest BCUT2D eigenvalue weighted by atomic mass is 19.1. The van der Waals surface area contributed by atoms with Gasteiger partial charge in [0.25, 0.3) is 0 Å². The molecule has 2 N–H and O–H groups in total. The molecule has 32 heavy (non-hydrogen) atoms. The van der Waals surface area contributed by atoms with Crippen LogP contribution in [-0.2, 0) is 4.74 Å². The van der Waals surface area contributed by atoms with Gasteiger partial charge in [-0.05, 0) is 61.7 Å². The van der Waals surface area contributed by atoms with Crippen LogP contribution in [-0.4, -0.2) is 58.6 Å². The number of nitrogens with zero attached hydrogens (tertiary/aromatic N) is 3. The maximum absolute atomic E-state index is 14.1. The molecule has 2 aliphatic rings. The summed E-state index contributed by atoms with van der Waals surface area (Å²) in [6, 6.07) is 14.5. The minimum Gasteiger partial charge on any atom is -0.507 e. The monoisotopic (exact) mass is 434 g/mol. The minimum atomic E-state index is -0.322. The molecule has 0 amide bonds. The fraction of sp³-hybridized carbons (Fsp3) is 0.360. The zero-order valence-corrected chi connectivity index (χ0v) is 18.1. The second-order valence-corrected chi connectivity index (χ2v) is 8.64. The molecule has 0 radical (unpaired) electrons. The number of aromatic nitrogens is 2. The molecule has 5 rings (SSSR count). The molecule has 2 fully saturated rings. The van der Waals surface area contributed by atoms with Gasteiger partial charge in [-0.3, -0.25) is 4.90 Å². The van der Waals surface area contributed by atoms with Gasteiger partial charge in [0.1, 0.15) is 17.4 Å². The van der Waals surface area contributed by atoms with E-state index in [1.165, 1.54) is 6.07 Å². The maximum atomic E-state index is 14.1. The Morgan fingerprint density at radius 2 is 1.94 bits per heavy atom. The molecule has 166 valence electrons. The van der Waals surface area contributed by atoms with Crippen LogP contribution >= 0.6 is 0 Å². The third-order valence-corrected chi connectivity index (χ3v) is 6.36. The lowest BCUT2D eigenvalue weighted by Gasteiger charge is -2.42. The predicted molar refractivity (Wildman–Crippen MR) is 122 cm³/mol. The number of piperidine rings is 1. The van der Waals surface area contributed by atoms with E-state index in [9.17, 15) is 9.50 Å². The van der Waals surface area contributed by atoms with Crippen LogP contribution in [0.25, 0.3) is 22.4 Å². The topological polar surface area (TPSA) is 70.5 Å². The van der Waals surface area contributed by atoms with Gasteiger partial charge in [0.15, 0.2) is 0 Å². The van der Waals surface area contributed by atoms with Crippen molar-refractivity contribution in [2.45, 2.75) is 31.8 Å². The summed E-state index contributed by atoms with van der Waals surface area (Å²) in [4.78, 5) is 2.49. The molecule has 3 heterocycles. The molecule has 2 saturated heterocycles. The van der Waals surface area contributed by atoms with E-state index in [2.05, 4.69) is 20.4 Å². The fourth-order valence-electron chi connectivity index (χ4n) is 4.52. The van der Waals surface area contributed by atoms with Crippen LogP contribution in [0.3, 0.4) is 0 Å². The number of likely N-dealkylation sites (tertiary alicyclic amines) is 1. The van der Waals surface area contributed by atoms with Crippen molar-refractivity contribution >= 4 is 5.82 Å². The van der Waals surface area contributed by atoms with Crippen molar-refractivity contribution in [3.05, 3.63) is 59.9 Å². The van der Waals surface area contributed by atoms with E-state index in [1.54, 1.807) is 36.4 Å². The van der Waals surface area contributed by atoms with Crippen molar-refractivity contribution in [2.75, 3.05) is 31.6 Å². The molecule has 1 atom stereocenters. The van der Waals surface area contributed by atoms with Gasteiger partial charge < -0.3 is 15.2 Å². The van der Waals surface area contributed by atoms with E-state index in [-0.39, 0.29) is 11.6 Å². The van der Waals surface area contributed by atoms with E-state index in [0.717, 1.165) is 50.5 Å². The summed E-state index contributed by atoms with van der Waals surface area (Å²) in [7, 11) is 0. The molecule has 3 aromatic rings. The highest BCUT2D eigenvalue weighted by Gasteiger charge is 2.30. The quantitative estimate of drug-likeness (QED) is 0.626. The third-order valence-electron chi connectivity index (χ3n) is 6.36. The Kier molecular flexibility index (Phi) is 5.76. The Hall–Kier alpha value is -3.03. The van der Waals surface area contributed by atoms with Crippen LogP contribution in [0.5, 0.6) is 5.75 Å². The van der Waals surface area contributed by atoms with Gasteiger partial charge in [-0.2, -0.15) is 0 Å². The van der Waals surface area contributed by atoms with Crippen molar-refractivity contribution in [2.24, 2.45) is 0 Å². The van der Waals surface area contributed by atoms with Gasteiger partial charge in [0.2, 0.25) is 0 Å². The Morgan fingerprint density at radius 1 is 1.09 bits per heavy atom. The van der Waals surface area contributed by atoms with Crippen molar-refractivity contribution in [1.82, 2.24) is 15.1 Å². The first-order valence-electron chi connectivity index (χ1n) is 11.1. The van der Waals surface area contributed by atoms with Gasteiger partial charge >= 0.3 is 0 Å². The van der Waals surface area contributed by atoms with E-state index < -0.39 is 0 Å². The Morgan fingerprint density at radius 3 is 2.66 bits per heavy atom. The first-order chi connectivity index (χ1) is 15.6. The lowest BCUT2D eigenvalue weighted by atomic mass is 9.99. The number of hydrogen-bond acceptors (Lipinski definition) is 6. The second-order valence-electron chi connectivity index (χ2n) is 8.64. The van der Waals surface area contributed by atoms with Gasteiger partial charge in [0, 0.05) is 23.7 Å². The first-order valence-corrected chi connectivity index (χ1v) is 11.1. The normalized spacial score (nSPS) is 19.5. The highest BCUT2D eigenvalue weighted by molar-refractivity contribution is 5.76. The molecular formula is C25H27FN4O2. The molecular weight excluding hydrogens is 407 g/mol. The Balaban J connectivity index is 1.32. The number of anilines is 1. The molecule has 1 aromatic heterocycles. The highest BCUT2D eigenvalue weighted by Crippen LogP contribution is 2.35. The zero-order valence-electron chi connectivity index (χ0n) is 18.1. The molecule has 6 nitrogen and oxygen atoms in total. The number of hydrogen-bond donors (Lipinski definition) is 2. The number of rotatable bonds is 5. The van der Waals surface area contributed by atoms with Crippen LogP contribution in [0.1, 0.15) is 18.4 Å². The molecule has 7 heteroatoms. The molecule has 1 unspecified atom stereocenters. The van der Waals surface area contributed by atoms with Gasteiger partial charge in [-0.15, -0.1) is 10.2 Å². The average Bonchev–Trinajstić information content (AvgIpc) is 2.74. The van der Waals surface area contributed by atoms with Crippen LogP contribution in [0.2, 0.25) is 0 Å². The van der Waals surface area contributed by atoms with Crippen molar-refractivity contribution in [3.8, 4) is 28.1 Å². The van der Waals surface area contributed by atoms with Crippen molar-refractivity contribution < 1.29 is 14.2 Å². The SMILES string of the molecule is Cc1cc(NC2CCCN(C3COC3)C2)nnc1-c1ccc(-c2ccccc2F)cc1O. The third kappa shape index (κ3) is 4.18. The van der Waals surface area contributed by atoms with Crippen LogP contribution in [0.4, 0.5) is 10.2 Å². The van der Waals surface area contributed by atoms with Crippen LogP contribution < -0.4 is 5.32 Å². The summed E-state index contributed by atoms with van der Waals surface area (Å²) in [6.07, 6.45) is 2.26. The van der Waals surface area contributed by atoms with E-state index >= 15 is 0 Å². The van der Waals surface area contributed by atoms with Gasteiger partial charge in [-0.25, -0.2) is 4.39 Å². The largest absolute Gasteiger partial charge is 0.507 e. The molecule has 0 spiro atoms. The number of benzene rings is 2. The van der Waals surface area contributed by atoms with Crippen molar-refractivity contribution in [1.29, 1.82) is 0 Å². The minimum absolute atomic E-state index is 0.0505. The number of ether oxygens (including phenoxy) is 1. The van der Waals surface area contributed by atoms with E-state index in [1.807, 2.05) is 13.0 Å². The molecule has 2 aromatic carbocycles. The fourth-order valence-corrected chi connectivity index (χ4v) is 4.52. The maximum Gasteiger partial charge on any atom is 0.149 e. The number of aryl methyl sites for hydroxylation is 1. The number of aromatic hydroxyl groups is 1. The number of phenolic OH excluding ortho intramolecular Hbond substituents is 1. The second kappa shape index (κ2) is 8.84. The molecule has 2 aliphatic heterocycles. The zero-order chi connectivity index (χ0) is 22.1. The van der Waals surface area contributed by atoms with Crippen LogP contribution in [0.15, 0.2) is 48.5 Å². The molecule has 0 aliphatic carbocycles. The number of halogens is 1. The summed E-state index contributed by atoms with van der Waals surface area (Å²) in [6.45, 7) is 5.73. The molecule has 0 saturated carbocycles. The van der Waals surface area contributed by atoms with E-state index in [0.29, 0.717) is 34.5 Å². The van der Waals surface area contributed by atoms with Gasteiger partial charge in [0.05, 0.1) is 24.9 Å². The van der Waals surface area contributed by atoms with Gasteiger partial charge in [-0.1, -0.05) is 24.3 Å². The molecule has 0 bridgehead atoms. The van der Waals surface area contributed by atoms with Crippen molar-refractivity contribution in [3.63, 3.8) is 0 Å². The average molecular weight is 435 g/mol. The van der Waals surface area contributed by atoms with E-state index in [4.69, 9.17) is 4.74 Å². The standard InChI is InChI=1S/C25H27FN4O2/c1-16-11-24(27-18-5-4-10-30(13-18)19-14-32-15-19)28-29-25(16)21-9-8-17(12-23(21)31)20-6-2-3-7-22(20)26/h2-3,6-9,11-12,18-19,31H,4-5,10,13-15H2,1H3,(H,27,28). The Bertz CT molecular complexity index is 1120.